The van der Waals surface area contributed by atoms with Gasteiger partial charge >= 0.3 is 0 Å². The summed E-state index contributed by atoms with van der Waals surface area (Å²) >= 11 is 0. The summed E-state index contributed by atoms with van der Waals surface area (Å²) in [6.07, 6.45) is 6.49. The highest BCUT2D eigenvalue weighted by atomic mass is 19.1. The Morgan fingerprint density at radius 3 is 2.59 bits per heavy atom. The Balaban J connectivity index is 1.60. The monoisotopic (exact) mass is 427 g/mol. The summed E-state index contributed by atoms with van der Waals surface area (Å²) in [5.74, 6) is 0.378. The zero-order valence-electron chi connectivity index (χ0n) is 17.8. The molecule has 7 heteroatoms. The summed E-state index contributed by atoms with van der Waals surface area (Å²) in [4.78, 5) is 18.3. The van der Waals surface area contributed by atoms with Crippen LogP contribution in [0, 0.1) is 5.82 Å². The zero-order chi connectivity index (χ0) is 22.1. The number of rotatable bonds is 6. The molecule has 4 aromatic heterocycles. The number of hydrogen-bond donors (Lipinski definition) is 1. The van der Waals surface area contributed by atoms with Gasteiger partial charge < -0.3 is 14.6 Å². The fourth-order valence-corrected chi connectivity index (χ4v) is 3.75. The highest BCUT2D eigenvalue weighted by Crippen LogP contribution is 2.37. The number of benzene rings is 1. The van der Waals surface area contributed by atoms with Crippen LogP contribution in [-0.2, 0) is 0 Å². The fraction of sp³-hybridized carbons (Fsp3) is 0.160. The molecule has 0 aliphatic carbocycles. The minimum atomic E-state index is -0.376. The van der Waals surface area contributed by atoms with Gasteiger partial charge in [-0.05, 0) is 50.0 Å². The fourth-order valence-electron chi connectivity index (χ4n) is 3.75. The average molecular weight is 427 g/mol. The van der Waals surface area contributed by atoms with E-state index in [4.69, 9.17) is 4.74 Å². The van der Waals surface area contributed by atoms with Crippen molar-refractivity contribution in [3.8, 4) is 28.1 Å². The van der Waals surface area contributed by atoms with Gasteiger partial charge in [-0.25, -0.2) is 9.37 Å². The number of H-pyrrole nitrogens is 1. The van der Waals surface area contributed by atoms with Crippen LogP contribution >= 0.6 is 0 Å². The predicted octanol–water partition coefficient (Wildman–Crippen LogP) is 4.92. The van der Waals surface area contributed by atoms with Gasteiger partial charge in [0.05, 0.1) is 23.6 Å². The van der Waals surface area contributed by atoms with Crippen LogP contribution in [0.15, 0.2) is 67.3 Å². The van der Waals surface area contributed by atoms with E-state index in [1.54, 1.807) is 18.6 Å². The molecule has 0 aliphatic heterocycles. The van der Waals surface area contributed by atoms with Gasteiger partial charge in [-0.1, -0.05) is 12.1 Å². The van der Waals surface area contributed by atoms with Crippen molar-refractivity contribution < 1.29 is 9.13 Å². The molecule has 0 radical (unpaired) electrons. The molecule has 0 spiro atoms. The largest absolute Gasteiger partial charge is 0.492 e. The average Bonchev–Trinajstić information content (AvgIpc) is 3.18. The molecule has 0 amide bonds. The van der Waals surface area contributed by atoms with Crippen LogP contribution in [0.25, 0.3) is 44.3 Å². The minimum absolute atomic E-state index is 0.376. The number of fused-ring (bicyclic) bond motifs is 3. The first-order valence-electron chi connectivity index (χ1n) is 10.3. The Morgan fingerprint density at radius 2 is 1.84 bits per heavy atom. The molecule has 0 saturated carbocycles. The molecule has 160 valence electrons. The van der Waals surface area contributed by atoms with Crippen molar-refractivity contribution in [2.75, 3.05) is 27.2 Å². The van der Waals surface area contributed by atoms with E-state index in [1.165, 1.54) is 6.20 Å². The maximum Gasteiger partial charge on any atom is 0.150 e. The first-order valence-corrected chi connectivity index (χ1v) is 10.3. The third-order valence-electron chi connectivity index (χ3n) is 5.37. The molecule has 6 nitrogen and oxygen atoms in total. The van der Waals surface area contributed by atoms with E-state index >= 15 is 4.39 Å². The number of likely N-dealkylation sites (N-methyl/N-ethyl adjacent to an activating group) is 1. The molecule has 0 saturated heterocycles. The van der Waals surface area contributed by atoms with Crippen molar-refractivity contribution in [3.63, 3.8) is 0 Å². The van der Waals surface area contributed by atoms with E-state index in [1.807, 2.05) is 56.6 Å². The molecule has 5 rings (SSSR count). The van der Waals surface area contributed by atoms with Gasteiger partial charge in [-0.2, -0.15) is 0 Å². The summed E-state index contributed by atoms with van der Waals surface area (Å²) in [6.45, 7) is 1.41. The first kappa shape index (κ1) is 20.1. The van der Waals surface area contributed by atoms with E-state index in [-0.39, 0.29) is 5.82 Å². The summed E-state index contributed by atoms with van der Waals surface area (Å²) in [7, 11) is 4.00. The molecule has 1 aromatic carbocycles. The van der Waals surface area contributed by atoms with Crippen LogP contribution < -0.4 is 4.74 Å². The number of halogens is 1. The smallest absolute Gasteiger partial charge is 0.150 e. The molecule has 5 aromatic rings. The number of ether oxygens (including phenoxy) is 1. The zero-order valence-corrected chi connectivity index (χ0v) is 17.8. The second-order valence-electron chi connectivity index (χ2n) is 7.86. The summed E-state index contributed by atoms with van der Waals surface area (Å²) < 4.78 is 20.9. The maximum atomic E-state index is 15.1. The van der Waals surface area contributed by atoms with Crippen LogP contribution in [0.1, 0.15) is 0 Å². The molecule has 0 unspecified atom stereocenters. The van der Waals surface area contributed by atoms with Gasteiger partial charge in [-0.15, -0.1) is 0 Å². The molecule has 0 bridgehead atoms. The van der Waals surface area contributed by atoms with Crippen LogP contribution in [-0.4, -0.2) is 52.1 Å². The Hall–Kier alpha value is -3.84. The summed E-state index contributed by atoms with van der Waals surface area (Å²) in [5, 5.41) is 1.59. The third kappa shape index (κ3) is 3.78. The summed E-state index contributed by atoms with van der Waals surface area (Å²) in [5.41, 5.74) is 4.35. The second kappa shape index (κ2) is 8.36. The van der Waals surface area contributed by atoms with E-state index in [0.29, 0.717) is 17.8 Å². The predicted molar refractivity (Wildman–Crippen MR) is 124 cm³/mol. The normalized spacial score (nSPS) is 11.5. The maximum absolute atomic E-state index is 15.1. The lowest BCUT2D eigenvalue weighted by Gasteiger charge is -2.12. The van der Waals surface area contributed by atoms with E-state index in [0.717, 1.165) is 45.4 Å². The molecule has 32 heavy (non-hydrogen) atoms. The van der Waals surface area contributed by atoms with Crippen molar-refractivity contribution in [2.24, 2.45) is 0 Å². The topological polar surface area (TPSA) is 66.9 Å². The van der Waals surface area contributed by atoms with Gasteiger partial charge in [0.2, 0.25) is 0 Å². The van der Waals surface area contributed by atoms with E-state index < -0.39 is 0 Å². The molecular formula is C25H22FN5O. The highest BCUT2D eigenvalue weighted by molar-refractivity contribution is 6.13. The minimum Gasteiger partial charge on any atom is -0.492 e. The van der Waals surface area contributed by atoms with Gasteiger partial charge in [0.1, 0.15) is 23.8 Å². The Kier molecular flexibility index (Phi) is 5.25. The Morgan fingerprint density at radius 1 is 1.00 bits per heavy atom. The number of nitrogens with zero attached hydrogens (tertiary/aromatic N) is 4. The highest BCUT2D eigenvalue weighted by Gasteiger charge is 2.17. The second-order valence-corrected chi connectivity index (χ2v) is 7.86. The van der Waals surface area contributed by atoms with Crippen molar-refractivity contribution >= 4 is 21.9 Å². The lowest BCUT2D eigenvalue weighted by atomic mass is 10.0. The van der Waals surface area contributed by atoms with Crippen LogP contribution in [0.2, 0.25) is 0 Å². The van der Waals surface area contributed by atoms with E-state index in [9.17, 15) is 0 Å². The molecule has 0 aliphatic rings. The number of aromatic amines is 1. The third-order valence-corrected chi connectivity index (χ3v) is 5.37. The number of aromatic nitrogens is 4. The van der Waals surface area contributed by atoms with Gasteiger partial charge in [0, 0.05) is 40.8 Å². The molecule has 1 N–H and O–H groups in total. The Bertz CT molecular complexity index is 1380. The molecular weight excluding hydrogens is 405 g/mol. The molecule has 4 heterocycles. The van der Waals surface area contributed by atoms with Crippen molar-refractivity contribution in [2.45, 2.75) is 0 Å². The standard InChI is InChI=1S/C25H22FN5O/c1-31(2)10-11-32-18-7-5-16(6-8-18)23-20(26)14-29-25-24(23)19-12-21(28-15-22(19)30-25)17-4-3-9-27-13-17/h3-9,12-15H,10-11H2,1-2H3,(H,29,30). The lowest BCUT2D eigenvalue weighted by molar-refractivity contribution is 0.261. The van der Waals surface area contributed by atoms with Crippen molar-refractivity contribution in [1.82, 2.24) is 24.8 Å². The van der Waals surface area contributed by atoms with Gasteiger partial charge in [0.15, 0.2) is 0 Å². The molecule has 0 fully saturated rings. The van der Waals surface area contributed by atoms with Crippen LogP contribution in [0.5, 0.6) is 5.75 Å². The first-order chi connectivity index (χ1) is 15.6. The Labute approximate surface area is 184 Å². The van der Waals surface area contributed by atoms with Gasteiger partial charge in [0.25, 0.3) is 0 Å². The number of hydrogen-bond acceptors (Lipinski definition) is 5. The van der Waals surface area contributed by atoms with Crippen molar-refractivity contribution in [1.29, 1.82) is 0 Å². The van der Waals surface area contributed by atoms with Crippen LogP contribution in [0.3, 0.4) is 0 Å². The van der Waals surface area contributed by atoms with Gasteiger partial charge in [-0.3, -0.25) is 9.97 Å². The quantitative estimate of drug-likeness (QED) is 0.417. The van der Waals surface area contributed by atoms with E-state index in [2.05, 4.69) is 24.8 Å². The van der Waals surface area contributed by atoms with Crippen molar-refractivity contribution in [3.05, 3.63) is 73.1 Å². The van der Waals surface area contributed by atoms with Crippen LogP contribution in [0.4, 0.5) is 4.39 Å². The SMILES string of the molecule is CN(C)CCOc1ccc(-c2c(F)cnc3[nH]c4cnc(-c5cccnc5)cc4c23)cc1. The number of pyridine rings is 3. The molecule has 0 atom stereocenters. The lowest BCUT2D eigenvalue weighted by Crippen LogP contribution is -2.19. The number of nitrogens with one attached hydrogen (secondary N) is 1. The summed E-state index contributed by atoms with van der Waals surface area (Å²) in [6, 6.07) is 13.3.